The minimum absolute atomic E-state index is 0.0285. The summed E-state index contributed by atoms with van der Waals surface area (Å²) in [4.78, 5) is 22.6. The van der Waals surface area contributed by atoms with Crippen LogP contribution in [0.25, 0.3) is 0 Å². The van der Waals surface area contributed by atoms with E-state index in [-0.39, 0.29) is 25.5 Å². The number of carbonyl (C=O) groups excluding carboxylic acids is 2. The van der Waals surface area contributed by atoms with E-state index in [1.165, 1.54) is 0 Å². The van der Waals surface area contributed by atoms with Gasteiger partial charge in [0.25, 0.3) is 5.75 Å². The van der Waals surface area contributed by atoms with Crippen LogP contribution in [0.5, 0.6) is 0 Å². The van der Waals surface area contributed by atoms with E-state index in [9.17, 15) is 24.0 Å². The fraction of sp³-hybridized carbons (Fsp3) is 0.789. The van der Waals surface area contributed by atoms with Crippen molar-refractivity contribution in [3.05, 3.63) is 12.3 Å². The molecule has 1 saturated heterocycles. The molecule has 11 heteroatoms. The van der Waals surface area contributed by atoms with Gasteiger partial charge in [-0.1, -0.05) is 0 Å². The van der Waals surface area contributed by atoms with Gasteiger partial charge in [-0.3, -0.25) is 9.28 Å². The summed E-state index contributed by atoms with van der Waals surface area (Å²) >= 11 is 0.484. The number of rotatable bonds is 15. The first-order valence-corrected chi connectivity index (χ1v) is 10.9. The molecule has 0 aromatic heterocycles. The maximum atomic E-state index is 12.0. The second kappa shape index (κ2) is 14.6. The molecule has 0 aromatic carbocycles. The highest BCUT2D eigenvalue weighted by Gasteiger charge is 2.38. The van der Waals surface area contributed by atoms with Crippen molar-refractivity contribution < 1.29 is 43.1 Å². The summed E-state index contributed by atoms with van der Waals surface area (Å²) in [7, 11) is 1.97. The van der Waals surface area contributed by atoms with Gasteiger partial charge in [-0.25, -0.2) is 0 Å². The van der Waals surface area contributed by atoms with E-state index in [0.717, 1.165) is 6.29 Å². The summed E-state index contributed by atoms with van der Waals surface area (Å²) in [6.45, 7) is 1.49. The van der Waals surface area contributed by atoms with Crippen LogP contribution in [0.4, 0.5) is 0 Å². The normalized spacial score (nSPS) is 26.3. The highest BCUT2D eigenvalue weighted by molar-refractivity contribution is 7.65. The number of aliphatic hydroxyl groups is 3. The molecule has 0 spiro atoms. The number of aldehydes is 1. The Balaban J connectivity index is 2.27. The fourth-order valence-electron chi connectivity index (χ4n) is 3.17. The van der Waals surface area contributed by atoms with Gasteiger partial charge in [-0.05, 0) is 0 Å². The van der Waals surface area contributed by atoms with E-state index in [4.69, 9.17) is 14.6 Å². The van der Waals surface area contributed by atoms with Gasteiger partial charge < -0.3 is 34.9 Å². The van der Waals surface area contributed by atoms with Crippen molar-refractivity contribution in [1.82, 2.24) is 5.32 Å². The smallest absolute Gasteiger partial charge is 0.394 e. The van der Waals surface area contributed by atoms with E-state index in [1.54, 1.807) is 6.08 Å². The molecule has 1 rings (SSSR count). The average Bonchev–Trinajstić information content (AvgIpc) is 2.73. The Morgan fingerprint density at radius 1 is 1.33 bits per heavy atom. The number of quaternary nitrogens is 1. The molecule has 10 nitrogen and oxygen atoms in total. The van der Waals surface area contributed by atoms with Crippen LogP contribution in [0.3, 0.4) is 0 Å². The molecule has 0 bridgehead atoms. The Morgan fingerprint density at radius 3 is 2.77 bits per heavy atom. The van der Waals surface area contributed by atoms with Gasteiger partial charge in [0.15, 0.2) is 0 Å². The molecule has 30 heavy (non-hydrogen) atoms. The molecule has 1 aliphatic rings. The van der Waals surface area contributed by atoms with Crippen molar-refractivity contribution >= 4 is 23.9 Å². The van der Waals surface area contributed by atoms with Gasteiger partial charge in [0.05, 0.1) is 52.6 Å². The molecule has 0 aliphatic carbocycles. The van der Waals surface area contributed by atoms with Gasteiger partial charge >= 0.3 is 11.7 Å². The first-order valence-electron chi connectivity index (χ1n) is 10.0. The molecule has 4 N–H and O–H groups in total. The summed E-state index contributed by atoms with van der Waals surface area (Å²) in [5, 5.41) is 31.6. The second-order valence-electron chi connectivity index (χ2n) is 7.45. The molecule has 0 aromatic rings. The number of nitrogens with zero attached hydrogens (tertiary/aromatic N) is 1. The van der Waals surface area contributed by atoms with Crippen LogP contribution in [-0.2, 0) is 34.9 Å². The van der Waals surface area contributed by atoms with Crippen LogP contribution >= 0.6 is 0 Å². The van der Waals surface area contributed by atoms with Gasteiger partial charge in [0.2, 0.25) is 5.91 Å². The fourth-order valence-corrected chi connectivity index (χ4v) is 3.33. The van der Waals surface area contributed by atoms with Gasteiger partial charge in [0.1, 0.15) is 30.7 Å². The van der Waals surface area contributed by atoms with Crippen molar-refractivity contribution in [1.29, 1.82) is 0 Å². The molecular weight excluding hydrogens is 416 g/mol. The summed E-state index contributed by atoms with van der Waals surface area (Å²) in [5.74, 6) is 0.166. The maximum Gasteiger partial charge on any atom is 0.463 e. The van der Waals surface area contributed by atoms with Gasteiger partial charge in [-0.2, -0.15) is 0 Å². The van der Waals surface area contributed by atoms with Crippen molar-refractivity contribution in [2.45, 2.75) is 43.7 Å². The quantitative estimate of drug-likeness (QED) is 0.101. The number of ether oxygens (including phenoxy) is 2. The number of hydrogen-bond acceptors (Lipinski definition) is 8. The van der Waals surface area contributed by atoms with E-state index in [2.05, 4.69) is 5.32 Å². The Kier molecular flexibility index (Phi) is 13.0. The highest BCUT2D eigenvalue weighted by Crippen LogP contribution is 2.17. The van der Waals surface area contributed by atoms with Crippen LogP contribution in [0, 0.1) is 0 Å². The van der Waals surface area contributed by atoms with E-state index in [0.29, 0.717) is 54.4 Å². The number of carbonyl (C=O) groups is 2. The van der Waals surface area contributed by atoms with Crippen LogP contribution in [0.1, 0.15) is 19.3 Å². The van der Waals surface area contributed by atoms with Crippen molar-refractivity contribution in [3.63, 3.8) is 0 Å². The van der Waals surface area contributed by atoms with E-state index < -0.39 is 31.0 Å². The molecule has 1 amide bonds. The molecule has 172 valence electrons. The molecule has 1 fully saturated rings. The number of nitrogens with one attached hydrogen (secondary N) is 1. The molecule has 5 atom stereocenters. The Bertz CT molecular complexity index is 565. The number of aliphatic hydroxyl groups excluding tert-OH is 3. The molecule has 1 heterocycles. The van der Waals surface area contributed by atoms with E-state index in [1.807, 2.05) is 13.2 Å². The lowest BCUT2D eigenvalue weighted by molar-refractivity contribution is -0.859. The van der Waals surface area contributed by atoms with Crippen LogP contribution in [0.15, 0.2) is 12.3 Å². The minimum Gasteiger partial charge on any atom is -0.394 e. The maximum absolute atomic E-state index is 12.0. The van der Waals surface area contributed by atoms with Crippen LogP contribution < -0.4 is 5.32 Å². The molecular formula is C19H34N2O8S+2. The first-order chi connectivity index (χ1) is 14.4. The first kappa shape index (κ1) is 26.7. The Labute approximate surface area is 180 Å². The zero-order valence-corrected chi connectivity index (χ0v) is 18.2. The lowest BCUT2D eigenvalue weighted by Crippen LogP contribution is -2.55. The lowest BCUT2D eigenvalue weighted by Gasteiger charge is -2.36. The van der Waals surface area contributed by atoms with Crippen molar-refractivity contribution in [2.24, 2.45) is 0 Å². The summed E-state index contributed by atoms with van der Waals surface area (Å²) < 4.78 is 21.7. The predicted molar refractivity (Wildman–Crippen MR) is 109 cm³/mol. The Morgan fingerprint density at radius 2 is 2.10 bits per heavy atom. The predicted octanol–water partition coefficient (Wildman–Crippen LogP) is -1.64. The van der Waals surface area contributed by atoms with Gasteiger partial charge in [-0.15, -0.1) is 0 Å². The topological polar surface area (TPSA) is 142 Å². The number of amides is 1. The van der Waals surface area contributed by atoms with Crippen LogP contribution in [0.2, 0.25) is 0 Å². The van der Waals surface area contributed by atoms with Gasteiger partial charge in [0, 0.05) is 29.7 Å². The molecule has 0 radical (unpaired) electrons. The summed E-state index contributed by atoms with van der Waals surface area (Å²) in [6.07, 6.45) is 1.76. The number of hydrogen-bond donors (Lipinski definition) is 4. The largest absolute Gasteiger partial charge is 0.463 e. The zero-order valence-electron chi connectivity index (χ0n) is 17.4. The van der Waals surface area contributed by atoms with Crippen molar-refractivity contribution in [3.8, 4) is 0 Å². The molecule has 0 saturated carbocycles. The molecule has 4 unspecified atom stereocenters. The monoisotopic (exact) mass is 450 g/mol. The zero-order chi connectivity index (χ0) is 22.4. The lowest BCUT2D eigenvalue weighted by atomic mass is 10.0. The SMILES string of the molecule is C[N+](C=CC[S+]=O)(CCC=O)CCCNC(=O)CCOC1COC(CO)[C@@H](O)C1O. The van der Waals surface area contributed by atoms with E-state index >= 15 is 0 Å². The second-order valence-corrected chi connectivity index (χ2v) is 8.02. The highest BCUT2D eigenvalue weighted by atomic mass is 32.1. The third-order valence-electron chi connectivity index (χ3n) is 4.98. The summed E-state index contributed by atoms with van der Waals surface area (Å²) in [6, 6.07) is 0. The molecule has 1 aliphatic heterocycles. The Hall–Kier alpha value is -1.34. The van der Waals surface area contributed by atoms with Crippen molar-refractivity contribution in [2.75, 3.05) is 52.3 Å². The standard InChI is InChI=1S/C19H33N2O8S/c1-21(8-3-10-22,9-4-12-30-27)7-2-6-20-17(24)5-11-28-16-14-29-15(13-23)18(25)19(16)26/h4,9-10,15-16,18-19,23,25-26H,2-3,5-8,11-14H2,1H3/q+1/p+1/t15?,16?,18-,19?,21?/m1/s1. The summed E-state index contributed by atoms with van der Waals surface area (Å²) in [5.41, 5.74) is 0. The minimum atomic E-state index is -1.24. The third-order valence-corrected chi connectivity index (χ3v) is 5.31. The third kappa shape index (κ3) is 9.65. The van der Waals surface area contributed by atoms with Crippen LogP contribution in [-0.4, -0.2) is 109 Å². The average molecular weight is 451 g/mol.